The zero-order valence-electron chi connectivity index (χ0n) is 6.62. The van der Waals surface area contributed by atoms with Crippen molar-refractivity contribution in [2.45, 2.75) is 32.1 Å². The van der Waals surface area contributed by atoms with Crippen LogP contribution in [0.25, 0.3) is 0 Å². The molecular weight excluding hydrogens is 140 g/mol. The van der Waals surface area contributed by atoms with Crippen molar-refractivity contribution >= 4 is 5.97 Å². The molecule has 2 bridgehead atoms. The van der Waals surface area contributed by atoms with Gasteiger partial charge in [0.1, 0.15) is 0 Å². The van der Waals surface area contributed by atoms with Gasteiger partial charge in [-0.15, -0.1) is 0 Å². The van der Waals surface area contributed by atoms with Crippen molar-refractivity contribution in [2.75, 3.05) is 0 Å². The minimum Gasteiger partial charge on any atom is -0.481 e. The second-order valence-electron chi connectivity index (χ2n) is 3.96. The first-order chi connectivity index (χ1) is 5.27. The third-order valence-electron chi connectivity index (χ3n) is 3.35. The van der Waals surface area contributed by atoms with E-state index >= 15 is 0 Å². The molecule has 2 aliphatic rings. The lowest BCUT2D eigenvalue weighted by Crippen LogP contribution is -2.25. The monoisotopic (exact) mass is 154 g/mol. The molecule has 0 aromatic carbocycles. The summed E-state index contributed by atoms with van der Waals surface area (Å²) in [5, 5.41) is 8.86. The summed E-state index contributed by atoms with van der Waals surface area (Å²) in [6.07, 6.45) is 5.74. The van der Waals surface area contributed by atoms with Gasteiger partial charge >= 0.3 is 5.97 Å². The average molecular weight is 154 g/mol. The van der Waals surface area contributed by atoms with Gasteiger partial charge in [0.2, 0.25) is 0 Å². The van der Waals surface area contributed by atoms with Gasteiger partial charge in [0, 0.05) is 0 Å². The van der Waals surface area contributed by atoms with E-state index < -0.39 is 5.97 Å². The SMILES string of the molecule is O=C(O)[C@H]1CC[C@H]2CC[C@H]1C2. The quantitative estimate of drug-likeness (QED) is 0.626. The largest absolute Gasteiger partial charge is 0.481 e. The highest BCUT2D eigenvalue weighted by Crippen LogP contribution is 2.45. The van der Waals surface area contributed by atoms with Crippen molar-refractivity contribution in [1.29, 1.82) is 0 Å². The highest BCUT2D eigenvalue weighted by atomic mass is 16.4. The highest BCUT2D eigenvalue weighted by molar-refractivity contribution is 5.70. The highest BCUT2D eigenvalue weighted by Gasteiger charge is 2.38. The summed E-state index contributed by atoms with van der Waals surface area (Å²) < 4.78 is 0. The maximum absolute atomic E-state index is 10.7. The Labute approximate surface area is 66.6 Å². The lowest BCUT2D eigenvalue weighted by atomic mass is 9.80. The van der Waals surface area contributed by atoms with Gasteiger partial charge in [-0.2, -0.15) is 0 Å². The average Bonchev–Trinajstić information content (AvgIpc) is 2.32. The summed E-state index contributed by atoms with van der Waals surface area (Å²) in [4.78, 5) is 10.7. The van der Waals surface area contributed by atoms with E-state index in [0.717, 1.165) is 18.8 Å². The first-order valence-electron chi connectivity index (χ1n) is 4.50. The number of fused-ring (bicyclic) bond motifs is 2. The van der Waals surface area contributed by atoms with Crippen molar-refractivity contribution in [3.8, 4) is 0 Å². The molecule has 0 unspecified atom stereocenters. The molecule has 0 aromatic heterocycles. The first kappa shape index (κ1) is 7.14. The lowest BCUT2D eigenvalue weighted by molar-refractivity contribution is -0.144. The van der Waals surface area contributed by atoms with Gasteiger partial charge in [0.05, 0.1) is 5.92 Å². The van der Waals surface area contributed by atoms with Crippen LogP contribution in [0.1, 0.15) is 32.1 Å². The van der Waals surface area contributed by atoms with Crippen molar-refractivity contribution in [3.05, 3.63) is 0 Å². The van der Waals surface area contributed by atoms with Gasteiger partial charge in [-0.1, -0.05) is 6.42 Å². The van der Waals surface area contributed by atoms with E-state index in [1.165, 1.54) is 19.3 Å². The molecule has 11 heavy (non-hydrogen) atoms. The van der Waals surface area contributed by atoms with Crippen molar-refractivity contribution < 1.29 is 9.90 Å². The van der Waals surface area contributed by atoms with E-state index in [2.05, 4.69) is 0 Å². The Hall–Kier alpha value is -0.530. The van der Waals surface area contributed by atoms with E-state index in [1.807, 2.05) is 0 Å². The maximum atomic E-state index is 10.7. The summed E-state index contributed by atoms with van der Waals surface area (Å²) in [5.74, 6) is 0.825. The van der Waals surface area contributed by atoms with Gasteiger partial charge < -0.3 is 5.11 Å². The zero-order chi connectivity index (χ0) is 7.84. The van der Waals surface area contributed by atoms with E-state index in [1.54, 1.807) is 0 Å². The lowest BCUT2D eigenvalue weighted by Gasteiger charge is -2.24. The van der Waals surface area contributed by atoms with E-state index in [-0.39, 0.29) is 5.92 Å². The zero-order valence-corrected chi connectivity index (χ0v) is 6.62. The van der Waals surface area contributed by atoms with Gasteiger partial charge in [-0.05, 0) is 37.5 Å². The smallest absolute Gasteiger partial charge is 0.306 e. The van der Waals surface area contributed by atoms with Crippen LogP contribution in [0.5, 0.6) is 0 Å². The molecular formula is C9H14O2. The molecule has 2 nitrogen and oxygen atoms in total. The molecule has 2 fully saturated rings. The third kappa shape index (κ3) is 1.15. The molecule has 62 valence electrons. The Kier molecular flexibility index (Phi) is 1.63. The number of rotatable bonds is 1. The van der Waals surface area contributed by atoms with Crippen LogP contribution in [0, 0.1) is 17.8 Å². The fraction of sp³-hybridized carbons (Fsp3) is 0.889. The summed E-state index contributed by atoms with van der Waals surface area (Å²) in [6, 6.07) is 0. The Morgan fingerprint density at radius 3 is 2.64 bits per heavy atom. The molecule has 0 aliphatic heterocycles. The van der Waals surface area contributed by atoms with Crippen LogP contribution in [-0.2, 0) is 4.79 Å². The molecule has 0 saturated heterocycles. The standard InChI is InChI=1S/C9H14O2/c10-9(11)8-4-2-6-1-3-7(8)5-6/h6-8H,1-5H2,(H,10,11)/t6-,7+,8+/m1/s1. The normalized spacial score (nSPS) is 42.4. The Morgan fingerprint density at radius 2 is 1.91 bits per heavy atom. The topological polar surface area (TPSA) is 37.3 Å². The number of hydrogen-bond acceptors (Lipinski definition) is 1. The molecule has 2 aliphatic carbocycles. The molecule has 0 heterocycles. The number of carbonyl (C=O) groups is 1. The van der Waals surface area contributed by atoms with Crippen LogP contribution in [-0.4, -0.2) is 11.1 Å². The van der Waals surface area contributed by atoms with Gasteiger partial charge in [0.15, 0.2) is 0 Å². The molecule has 0 amide bonds. The van der Waals surface area contributed by atoms with Crippen molar-refractivity contribution in [2.24, 2.45) is 17.8 Å². The van der Waals surface area contributed by atoms with E-state index in [0.29, 0.717) is 5.92 Å². The van der Waals surface area contributed by atoms with Gasteiger partial charge in [-0.25, -0.2) is 0 Å². The van der Waals surface area contributed by atoms with Crippen LogP contribution in [0.15, 0.2) is 0 Å². The van der Waals surface area contributed by atoms with Gasteiger partial charge in [-0.3, -0.25) is 4.79 Å². The molecule has 3 atom stereocenters. The molecule has 2 heteroatoms. The molecule has 0 radical (unpaired) electrons. The van der Waals surface area contributed by atoms with Crippen LogP contribution in [0.2, 0.25) is 0 Å². The summed E-state index contributed by atoms with van der Waals surface area (Å²) in [7, 11) is 0. The van der Waals surface area contributed by atoms with Crippen LogP contribution in [0.3, 0.4) is 0 Å². The van der Waals surface area contributed by atoms with Crippen LogP contribution >= 0.6 is 0 Å². The predicted molar refractivity (Wildman–Crippen MR) is 41.2 cm³/mol. The van der Waals surface area contributed by atoms with Crippen LogP contribution < -0.4 is 0 Å². The fourth-order valence-electron chi connectivity index (χ4n) is 2.72. The number of carboxylic acids is 1. The Balaban J connectivity index is 2.07. The summed E-state index contributed by atoms with van der Waals surface area (Å²) in [5.41, 5.74) is 0. The number of hydrogen-bond donors (Lipinski definition) is 1. The van der Waals surface area contributed by atoms with Crippen molar-refractivity contribution in [3.63, 3.8) is 0 Å². The minimum absolute atomic E-state index is 0.00579. The summed E-state index contributed by atoms with van der Waals surface area (Å²) in [6.45, 7) is 0. The summed E-state index contributed by atoms with van der Waals surface area (Å²) >= 11 is 0. The third-order valence-corrected chi connectivity index (χ3v) is 3.35. The number of aliphatic carboxylic acids is 1. The Bertz CT molecular complexity index is 176. The minimum atomic E-state index is -0.560. The second-order valence-corrected chi connectivity index (χ2v) is 3.96. The van der Waals surface area contributed by atoms with E-state index in [9.17, 15) is 4.79 Å². The van der Waals surface area contributed by atoms with Gasteiger partial charge in [0.25, 0.3) is 0 Å². The Morgan fingerprint density at radius 1 is 1.18 bits per heavy atom. The maximum Gasteiger partial charge on any atom is 0.306 e. The molecule has 2 rings (SSSR count). The second kappa shape index (κ2) is 2.50. The predicted octanol–water partition coefficient (Wildman–Crippen LogP) is 1.90. The van der Waals surface area contributed by atoms with Crippen LogP contribution in [0.4, 0.5) is 0 Å². The molecule has 1 N–H and O–H groups in total. The van der Waals surface area contributed by atoms with Crippen molar-refractivity contribution in [1.82, 2.24) is 0 Å². The van der Waals surface area contributed by atoms with E-state index in [4.69, 9.17) is 5.11 Å². The number of carboxylic acid groups (broad SMARTS) is 1. The fourth-order valence-corrected chi connectivity index (χ4v) is 2.72. The molecule has 0 aromatic rings. The molecule has 2 saturated carbocycles. The first-order valence-corrected chi connectivity index (χ1v) is 4.50. The molecule has 0 spiro atoms.